The van der Waals surface area contributed by atoms with Gasteiger partial charge in [0.15, 0.2) is 5.82 Å². The second kappa shape index (κ2) is 8.33. The SMILES string of the molecule is COCc1nc(OC)c2c(C)c(C(=O)N3CCCC3C3CCCCC3)sc2n1. The molecule has 2 aliphatic rings. The van der Waals surface area contributed by atoms with Gasteiger partial charge in [0, 0.05) is 19.7 Å². The van der Waals surface area contributed by atoms with E-state index in [0.29, 0.717) is 30.3 Å². The van der Waals surface area contributed by atoms with E-state index >= 15 is 0 Å². The number of amides is 1. The van der Waals surface area contributed by atoms with Crippen molar-refractivity contribution in [2.24, 2.45) is 5.92 Å². The molecule has 7 heteroatoms. The summed E-state index contributed by atoms with van der Waals surface area (Å²) in [5, 5.41) is 0.851. The summed E-state index contributed by atoms with van der Waals surface area (Å²) in [6, 6.07) is 0.398. The molecule has 2 fully saturated rings. The minimum Gasteiger partial charge on any atom is -0.480 e. The van der Waals surface area contributed by atoms with Crippen molar-refractivity contribution in [3.63, 3.8) is 0 Å². The molecule has 1 unspecified atom stereocenters. The molecule has 152 valence electrons. The van der Waals surface area contributed by atoms with Crippen molar-refractivity contribution in [3.05, 3.63) is 16.3 Å². The smallest absolute Gasteiger partial charge is 0.264 e. The van der Waals surface area contributed by atoms with E-state index in [4.69, 9.17) is 9.47 Å². The third-order valence-electron chi connectivity index (χ3n) is 6.22. The lowest BCUT2D eigenvalue weighted by atomic mass is 9.83. The van der Waals surface area contributed by atoms with E-state index in [1.807, 2.05) is 6.92 Å². The lowest BCUT2D eigenvalue weighted by Crippen LogP contribution is -2.40. The number of aryl methyl sites for hydroxylation is 1. The Morgan fingerprint density at radius 3 is 2.64 bits per heavy atom. The maximum Gasteiger partial charge on any atom is 0.264 e. The zero-order valence-electron chi connectivity index (χ0n) is 17.0. The van der Waals surface area contributed by atoms with Crippen molar-refractivity contribution in [2.45, 2.75) is 64.5 Å². The number of thiophene rings is 1. The molecule has 4 rings (SSSR count). The molecule has 0 spiro atoms. The number of aromatic nitrogens is 2. The Kier molecular flexibility index (Phi) is 5.83. The molecular weight excluding hydrogens is 374 g/mol. The van der Waals surface area contributed by atoms with Gasteiger partial charge in [0.05, 0.1) is 17.4 Å². The van der Waals surface area contributed by atoms with Crippen LogP contribution >= 0.6 is 11.3 Å². The monoisotopic (exact) mass is 403 g/mol. The number of likely N-dealkylation sites (tertiary alicyclic amines) is 1. The molecular formula is C21H29N3O3S. The Morgan fingerprint density at radius 2 is 1.93 bits per heavy atom. The van der Waals surface area contributed by atoms with Gasteiger partial charge in [-0.1, -0.05) is 19.3 Å². The third-order valence-corrected chi connectivity index (χ3v) is 7.39. The second-order valence-electron chi connectivity index (χ2n) is 7.92. The first-order chi connectivity index (χ1) is 13.6. The Labute approximate surface area is 170 Å². The van der Waals surface area contributed by atoms with Crippen LogP contribution in [-0.4, -0.2) is 47.6 Å². The van der Waals surface area contributed by atoms with E-state index in [0.717, 1.165) is 40.0 Å². The zero-order valence-corrected chi connectivity index (χ0v) is 17.8. The van der Waals surface area contributed by atoms with E-state index in [9.17, 15) is 4.79 Å². The summed E-state index contributed by atoms with van der Waals surface area (Å²) in [6.45, 7) is 3.17. The molecule has 0 radical (unpaired) electrons. The number of methoxy groups -OCH3 is 2. The predicted octanol–water partition coefficient (Wildman–Crippen LogP) is 4.34. The number of rotatable bonds is 5. The van der Waals surface area contributed by atoms with E-state index in [1.54, 1.807) is 14.2 Å². The zero-order chi connectivity index (χ0) is 19.7. The second-order valence-corrected chi connectivity index (χ2v) is 8.92. The van der Waals surface area contributed by atoms with E-state index in [2.05, 4.69) is 14.9 Å². The molecule has 6 nitrogen and oxygen atoms in total. The number of fused-ring (bicyclic) bond motifs is 1. The number of ether oxygens (including phenoxy) is 2. The predicted molar refractivity (Wildman–Crippen MR) is 110 cm³/mol. The summed E-state index contributed by atoms with van der Waals surface area (Å²) in [5.41, 5.74) is 0.931. The van der Waals surface area contributed by atoms with Gasteiger partial charge in [-0.05, 0) is 44.1 Å². The summed E-state index contributed by atoms with van der Waals surface area (Å²) in [6.07, 6.45) is 8.73. The van der Waals surface area contributed by atoms with Crippen LogP contribution in [0, 0.1) is 12.8 Å². The molecule has 2 aromatic rings. The van der Waals surface area contributed by atoms with Gasteiger partial charge in [-0.25, -0.2) is 4.98 Å². The highest BCUT2D eigenvalue weighted by Crippen LogP contribution is 2.39. The minimum absolute atomic E-state index is 0.156. The van der Waals surface area contributed by atoms with Crippen molar-refractivity contribution in [3.8, 4) is 5.88 Å². The van der Waals surface area contributed by atoms with E-state index in [1.165, 1.54) is 43.4 Å². The molecule has 0 bridgehead atoms. The fourth-order valence-corrected chi connectivity index (χ4v) is 6.02. The minimum atomic E-state index is 0.156. The fourth-order valence-electron chi connectivity index (χ4n) is 4.87. The molecule has 1 aliphatic carbocycles. The summed E-state index contributed by atoms with van der Waals surface area (Å²) < 4.78 is 10.7. The summed E-state index contributed by atoms with van der Waals surface area (Å²) >= 11 is 1.46. The first-order valence-electron chi connectivity index (χ1n) is 10.3. The number of carbonyl (C=O) groups excluding carboxylic acids is 1. The van der Waals surface area contributed by atoms with Crippen molar-refractivity contribution < 1.29 is 14.3 Å². The van der Waals surface area contributed by atoms with Gasteiger partial charge in [0.1, 0.15) is 11.4 Å². The maximum atomic E-state index is 13.5. The van der Waals surface area contributed by atoms with Crippen molar-refractivity contribution in [1.82, 2.24) is 14.9 Å². The Morgan fingerprint density at radius 1 is 1.14 bits per heavy atom. The van der Waals surface area contributed by atoms with Crippen LogP contribution in [0.25, 0.3) is 10.2 Å². The number of hydrogen-bond acceptors (Lipinski definition) is 6. The van der Waals surface area contributed by atoms with Crippen LogP contribution in [0.3, 0.4) is 0 Å². The van der Waals surface area contributed by atoms with Crippen molar-refractivity contribution in [1.29, 1.82) is 0 Å². The van der Waals surface area contributed by atoms with Crippen molar-refractivity contribution >= 4 is 27.5 Å². The fraction of sp³-hybridized carbons (Fsp3) is 0.667. The van der Waals surface area contributed by atoms with Gasteiger partial charge in [0.2, 0.25) is 5.88 Å². The summed E-state index contributed by atoms with van der Waals surface area (Å²) in [4.78, 5) is 26.3. The van der Waals surface area contributed by atoms with Crippen molar-refractivity contribution in [2.75, 3.05) is 20.8 Å². The van der Waals surface area contributed by atoms with Gasteiger partial charge < -0.3 is 14.4 Å². The molecule has 28 heavy (non-hydrogen) atoms. The third kappa shape index (κ3) is 3.50. The molecule has 2 aromatic heterocycles. The molecule has 1 atom stereocenters. The topological polar surface area (TPSA) is 64.6 Å². The van der Waals surface area contributed by atoms with Gasteiger partial charge >= 0.3 is 0 Å². The summed E-state index contributed by atoms with van der Waals surface area (Å²) in [7, 11) is 3.23. The van der Waals surface area contributed by atoms with Crippen LogP contribution in [0.2, 0.25) is 0 Å². The van der Waals surface area contributed by atoms with Gasteiger partial charge in [0.25, 0.3) is 5.91 Å². The number of carbonyl (C=O) groups is 1. The van der Waals surface area contributed by atoms with Gasteiger partial charge in [-0.2, -0.15) is 4.98 Å². The highest BCUT2D eigenvalue weighted by Gasteiger charge is 2.37. The quantitative estimate of drug-likeness (QED) is 0.743. The highest BCUT2D eigenvalue weighted by molar-refractivity contribution is 7.20. The van der Waals surface area contributed by atoms with Gasteiger partial charge in [-0.3, -0.25) is 4.79 Å². The normalized spacial score (nSPS) is 20.8. The standard InChI is InChI=1S/C21H29N3O3S/c1-13-17-19(27-3)22-16(12-26-2)23-20(17)28-18(13)21(25)24-11-7-10-15(24)14-8-5-4-6-9-14/h14-15H,4-12H2,1-3H3. The molecule has 1 aliphatic heterocycles. The van der Waals surface area contributed by atoms with Crippen LogP contribution in [0.5, 0.6) is 5.88 Å². The Hall–Kier alpha value is -1.73. The average molecular weight is 404 g/mol. The molecule has 0 N–H and O–H groups in total. The van der Waals surface area contributed by atoms with Crippen LogP contribution in [0.15, 0.2) is 0 Å². The molecule has 1 amide bonds. The number of hydrogen-bond donors (Lipinski definition) is 0. The van der Waals surface area contributed by atoms with Crippen LogP contribution in [0.4, 0.5) is 0 Å². The first kappa shape index (κ1) is 19.6. The Bertz CT molecular complexity index is 860. The van der Waals surface area contributed by atoms with E-state index in [-0.39, 0.29) is 5.91 Å². The largest absolute Gasteiger partial charge is 0.480 e. The molecule has 3 heterocycles. The highest BCUT2D eigenvalue weighted by atomic mass is 32.1. The Balaban J connectivity index is 1.67. The maximum absolute atomic E-state index is 13.5. The average Bonchev–Trinajstić information content (AvgIpc) is 3.33. The molecule has 1 saturated carbocycles. The lowest BCUT2D eigenvalue weighted by molar-refractivity contribution is 0.0666. The van der Waals surface area contributed by atoms with Crippen LogP contribution in [0.1, 0.15) is 66.0 Å². The lowest BCUT2D eigenvalue weighted by Gasteiger charge is -2.34. The van der Waals surface area contributed by atoms with E-state index < -0.39 is 0 Å². The van der Waals surface area contributed by atoms with Crippen LogP contribution in [-0.2, 0) is 11.3 Å². The van der Waals surface area contributed by atoms with Crippen LogP contribution < -0.4 is 4.74 Å². The number of nitrogens with zero attached hydrogens (tertiary/aromatic N) is 3. The summed E-state index contributed by atoms with van der Waals surface area (Å²) in [5.74, 6) is 1.92. The first-order valence-corrected chi connectivity index (χ1v) is 11.1. The van der Waals surface area contributed by atoms with Gasteiger partial charge in [-0.15, -0.1) is 11.3 Å². The molecule has 0 aromatic carbocycles. The molecule has 1 saturated heterocycles.